The van der Waals surface area contributed by atoms with E-state index in [0.717, 1.165) is 4.47 Å². The number of aliphatic hydroxyl groups excluding tert-OH is 1. The van der Waals surface area contributed by atoms with E-state index in [-0.39, 0.29) is 25.2 Å². The maximum absolute atomic E-state index is 11.4. The zero-order chi connectivity index (χ0) is 12.7. The van der Waals surface area contributed by atoms with Crippen LogP contribution in [0.1, 0.15) is 13.3 Å². The molecule has 0 bridgehead atoms. The Labute approximate surface area is 109 Å². The molecule has 94 valence electrons. The van der Waals surface area contributed by atoms with Crippen molar-refractivity contribution < 1.29 is 14.6 Å². The highest BCUT2D eigenvalue weighted by molar-refractivity contribution is 9.10. The van der Waals surface area contributed by atoms with Crippen LogP contribution < -0.4 is 10.1 Å². The Morgan fingerprint density at radius 1 is 1.47 bits per heavy atom. The van der Waals surface area contributed by atoms with E-state index >= 15 is 0 Å². The van der Waals surface area contributed by atoms with Crippen molar-refractivity contribution in [3.05, 3.63) is 28.7 Å². The van der Waals surface area contributed by atoms with Gasteiger partial charge in [0.05, 0.1) is 0 Å². The molecule has 0 fully saturated rings. The van der Waals surface area contributed by atoms with Gasteiger partial charge < -0.3 is 15.2 Å². The van der Waals surface area contributed by atoms with Crippen molar-refractivity contribution in [1.82, 2.24) is 5.32 Å². The Morgan fingerprint density at radius 2 is 2.12 bits per heavy atom. The van der Waals surface area contributed by atoms with Crippen molar-refractivity contribution in [2.45, 2.75) is 19.4 Å². The number of hydrogen-bond acceptors (Lipinski definition) is 3. The molecule has 0 aliphatic heterocycles. The number of aliphatic hydroxyl groups is 1. The van der Waals surface area contributed by atoms with Gasteiger partial charge in [0.1, 0.15) is 5.75 Å². The second kappa shape index (κ2) is 7.29. The zero-order valence-electron chi connectivity index (χ0n) is 9.65. The SMILES string of the molecule is CC(CCO)NC(=O)COc1ccc(Br)cc1. The molecule has 0 spiro atoms. The molecule has 0 saturated carbocycles. The standard InChI is InChI=1S/C12H16BrNO3/c1-9(6-7-15)14-12(16)8-17-11-4-2-10(13)3-5-11/h2-5,9,15H,6-8H2,1H3,(H,14,16). The summed E-state index contributed by atoms with van der Waals surface area (Å²) in [6.45, 7) is 1.89. The number of carbonyl (C=O) groups excluding carboxylic acids is 1. The summed E-state index contributed by atoms with van der Waals surface area (Å²) in [7, 11) is 0. The fourth-order valence-corrected chi connectivity index (χ4v) is 1.53. The smallest absolute Gasteiger partial charge is 0.258 e. The lowest BCUT2D eigenvalue weighted by Gasteiger charge is -2.12. The summed E-state index contributed by atoms with van der Waals surface area (Å²) in [5.41, 5.74) is 0. The number of ether oxygens (including phenoxy) is 1. The molecule has 4 nitrogen and oxygen atoms in total. The van der Waals surface area contributed by atoms with Gasteiger partial charge in [0.25, 0.3) is 5.91 Å². The van der Waals surface area contributed by atoms with Gasteiger partial charge in [-0.1, -0.05) is 15.9 Å². The van der Waals surface area contributed by atoms with E-state index in [1.807, 2.05) is 19.1 Å². The fraction of sp³-hybridized carbons (Fsp3) is 0.417. The third kappa shape index (κ3) is 5.70. The lowest BCUT2D eigenvalue weighted by molar-refractivity contribution is -0.123. The highest BCUT2D eigenvalue weighted by Crippen LogP contribution is 2.15. The summed E-state index contributed by atoms with van der Waals surface area (Å²) < 4.78 is 6.27. The minimum absolute atomic E-state index is 0.0165. The van der Waals surface area contributed by atoms with Crippen LogP contribution in [0.4, 0.5) is 0 Å². The Kier molecular flexibility index (Phi) is 6.00. The van der Waals surface area contributed by atoms with E-state index in [1.54, 1.807) is 12.1 Å². The summed E-state index contributed by atoms with van der Waals surface area (Å²) in [5, 5.41) is 11.4. The van der Waals surface area contributed by atoms with Crippen molar-refractivity contribution in [2.24, 2.45) is 0 Å². The minimum atomic E-state index is -0.186. The monoisotopic (exact) mass is 301 g/mol. The molecule has 5 heteroatoms. The number of benzene rings is 1. The van der Waals surface area contributed by atoms with Gasteiger partial charge >= 0.3 is 0 Å². The molecule has 0 aliphatic carbocycles. The van der Waals surface area contributed by atoms with Crippen LogP contribution >= 0.6 is 15.9 Å². The predicted molar refractivity (Wildman–Crippen MR) is 68.9 cm³/mol. The third-order valence-electron chi connectivity index (χ3n) is 2.15. The predicted octanol–water partition coefficient (Wildman–Crippen LogP) is 1.71. The first-order valence-electron chi connectivity index (χ1n) is 5.40. The lowest BCUT2D eigenvalue weighted by Crippen LogP contribution is -2.36. The van der Waals surface area contributed by atoms with Gasteiger partial charge in [-0.05, 0) is 37.6 Å². The fourth-order valence-electron chi connectivity index (χ4n) is 1.26. The van der Waals surface area contributed by atoms with Crippen molar-refractivity contribution in [2.75, 3.05) is 13.2 Å². The first kappa shape index (κ1) is 14.0. The maximum atomic E-state index is 11.4. The van der Waals surface area contributed by atoms with Crippen LogP contribution in [0, 0.1) is 0 Å². The number of amides is 1. The average molecular weight is 302 g/mol. The van der Waals surface area contributed by atoms with Crippen LogP contribution in [-0.2, 0) is 4.79 Å². The van der Waals surface area contributed by atoms with Crippen molar-refractivity contribution in [1.29, 1.82) is 0 Å². The van der Waals surface area contributed by atoms with Crippen molar-refractivity contribution in [3.8, 4) is 5.75 Å². The highest BCUT2D eigenvalue weighted by Gasteiger charge is 2.07. The molecule has 1 amide bonds. The summed E-state index contributed by atoms with van der Waals surface area (Å²) in [4.78, 5) is 11.4. The maximum Gasteiger partial charge on any atom is 0.258 e. The van der Waals surface area contributed by atoms with E-state index in [4.69, 9.17) is 9.84 Å². The zero-order valence-corrected chi connectivity index (χ0v) is 11.2. The molecule has 0 heterocycles. The van der Waals surface area contributed by atoms with Gasteiger partial charge in [-0.3, -0.25) is 4.79 Å². The van der Waals surface area contributed by atoms with E-state index < -0.39 is 0 Å². The second-order valence-electron chi connectivity index (χ2n) is 3.72. The largest absolute Gasteiger partial charge is 0.484 e. The molecular weight excluding hydrogens is 286 g/mol. The first-order valence-corrected chi connectivity index (χ1v) is 6.19. The molecule has 17 heavy (non-hydrogen) atoms. The summed E-state index contributed by atoms with van der Waals surface area (Å²) in [6.07, 6.45) is 0.546. The minimum Gasteiger partial charge on any atom is -0.484 e. The number of carbonyl (C=O) groups is 1. The Balaban J connectivity index is 2.30. The molecule has 0 aliphatic rings. The van der Waals surface area contributed by atoms with E-state index in [0.29, 0.717) is 12.2 Å². The van der Waals surface area contributed by atoms with E-state index in [1.165, 1.54) is 0 Å². The van der Waals surface area contributed by atoms with Crippen LogP contribution in [0.25, 0.3) is 0 Å². The Morgan fingerprint density at radius 3 is 2.71 bits per heavy atom. The quantitative estimate of drug-likeness (QED) is 0.841. The number of nitrogens with one attached hydrogen (secondary N) is 1. The average Bonchev–Trinajstić information content (AvgIpc) is 2.28. The summed E-state index contributed by atoms with van der Waals surface area (Å²) in [6, 6.07) is 7.23. The molecular formula is C12H16BrNO3. The molecule has 1 atom stereocenters. The molecule has 0 aromatic heterocycles. The van der Waals surface area contributed by atoms with E-state index in [9.17, 15) is 4.79 Å². The number of rotatable bonds is 6. The molecule has 2 N–H and O–H groups in total. The van der Waals surface area contributed by atoms with Gasteiger partial charge in [-0.25, -0.2) is 0 Å². The number of hydrogen-bond donors (Lipinski definition) is 2. The topological polar surface area (TPSA) is 58.6 Å². The van der Waals surface area contributed by atoms with E-state index in [2.05, 4.69) is 21.2 Å². The molecule has 1 aromatic rings. The van der Waals surface area contributed by atoms with Gasteiger partial charge in [0.15, 0.2) is 6.61 Å². The van der Waals surface area contributed by atoms with Gasteiger partial charge in [0.2, 0.25) is 0 Å². The van der Waals surface area contributed by atoms with Crippen LogP contribution in [-0.4, -0.2) is 30.3 Å². The molecule has 1 rings (SSSR count). The van der Waals surface area contributed by atoms with Crippen molar-refractivity contribution in [3.63, 3.8) is 0 Å². The number of halogens is 1. The summed E-state index contributed by atoms with van der Waals surface area (Å²) in [5.74, 6) is 0.465. The molecule has 1 aromatic carbocycles. The Hall–Kier alpha value is -1.07. The van der Waals surface area contributed by atoms with Crippen LogP contribution in [0.3, 0.4) is 0 Å². The second-order valence-corrected chi connectivity index (χ2v) is 4.64. The van der Waals surface area contributed by atoms with Crippen LogP contribution in [0.5, 0.6) is 5.75 Å². The van der Waals surface area contributed by atoms with Crippen LogP contribution in [0.15, 0.2) is 28.7 Å². The highest BCUT2D eigenvalue weighted by atomic mass is 79.9. The summed E-state index contributed by atoms with van der Waals surface area (Å²) >= 11 is 3.32. The normalized spacial score (nSPS) is 11.9. The van der Waals surface area contributed by atoms with Crippen LogP contribution in [0.2, 0.25) is 0 Å². The lowest BCUT2D eigenvalue weighted by atomic mass is 10.2. The van der Waals surface area contributed by atoms with Gasteiger partial charge in [0, 0.05) is 17.1 Å². The first-order chi connectivity index (χ1) is 8.11. The molecule has 0 saturated heterocycles. The molecule has 0 radical (unpaired) electrons. The van der Waals surface area contributed by atoms with Crippen molar-refractivity contribution >= 4 is 21.8 Å². The third-order valence-corrected chi connectivity index (χ3v) is 2.68. The Bertz CT molecular complexity index is 353. The molecule has 1 unspecified atom stereocenters. The van der Waals surface area contributed by atoms with Gasteiger partial charge in [-0.2, -0.15) is 0 Å². The van der Waals surface area contributed by atoms with Gasteiger partial charge in [-0.15, -0.1) is 0 Å².